The van der Waals surface area contributed by atoms with Gasteiger partial charge in [0.15, 0.2) is 5.78 Å². The molecule has 0 aromatic carbocycles. The van der Waals surface area contributed by atoms with Crippen molar-refractivity contribution in [2.75, 3.05) is 6.61 Å². The van der Waals surface area contributed by atoms with Crippen LogP contribution in [0.3, 0.4) is 0 Å². The molecular formula is C22H29ClO2. The van der Waals surface area contributed by atoms with Gasteiger partial charge >= 0.3 is 0 Å². The van der Waals surface area contributed by atoms with Crippen LogP contribution in [0.2, 0.25) is 0 Å². The molecule has 5 rings (SSSR count). The third kappa shape index (κ3) is 2.10. The predicted octanol–water partition coefficient (Wildman–Crippen LogP) is 5.41. The van der Waals surface area contributed by atoms with E-state index in [1.165, 1.54) is 36.8 Å². The van der Waals surface area contributed by atoms with Gasteiger partial charge in [-0.1, -0.05) is 24.1 Å². The zero-order valence-corrected chi connectivity index (χ0v) is 16.0. The predicted molar refractivity (Wildman–Crippen MR) is 99.3 cm³/mol. The molecule has 0 radical (unpaired) electrons. The molecule has 3 saturated carbocycles. The number of carbonyl (C=O) groups is 1. The van der Waals surface area contributed by atoms with Crippen LogP contribution in [0.1, 0.15) is 64.7 Å². The maximum Gasteiger partial charge on any atom is 0.155 e. The van der Waals surface area contributed by atoms with Gasteiger partial charge in [0.2, 0.25) is 0 Å². The number of carbonyl (C=O) groups excluding carboxylic acids is 1. The van der Waals surface area contributed by atoms with E-state index in [0.29, 0.717) is 11.7 Å². The summed E-state index contributed by atoms with van der Waals surface area (Å²) in [7, 11) is 0. The smallest absolute Gasteiger partial charge is 0.155 e. The minimum absolute atomic E-state index is 0.0803. The normalized spacial score (nSPS) is 50.6. The quantitative estimate of drug-likeness (QED) is 0.577. The Bertz CT molecular complexity index is 665. The van der Waals surface area contributed by atoms with Crippen molar-refractivity contribution in [1.82, 2.24) is 0 Å². The number of fused-ring (bicyclic) bond motifs is 6. The Labute approximate surface area is 156 Å². The van der Waals surface area contributed by atoms with Crippen molar-refractivity contribution >= 4 is 17.4 Å². The summed E-state index contributed by atoms with van der Waals surface area (Å²) in [4.78, 5) is 11.8. The number of hydrogen-bond donors (Lipinski definition) is 0. The van der Waals surface area contributed by atoms with Crippen LogP contribution in [0.25, 0.3) is 0 Å². The fourth-order valence-electron chi connectivity index (χ4n) is 7.72. The van der Waals surface area contributed by atoms with Crippen molar-refractivity contribution < 1.29 is 9.53 Å². The van der Waals surface area contributed by atoms with Crippen LogP contribution in [0.4, 0.5) is 0 Å². The van der Waals surface area contributed by atoms with Crippen LogP contribution in [-0.4, -0.2) is 18.0 Å². The molecular weight excluding hydrogens is 332 g/mol. The second-order valence-corrected chi connectivity index (χ2v) is 9.58. The van der Waals surface area contributed by atoms with Gasteiger partial charge in [0.25, 0.3) is 0 Å². The third-order valence-electron chi connectivity index (χ3n) is 8.79. The molecule has 1 saturated heterocycles. The van der Waals surface area contributed by atoms with E-state index in [4.69, 9.17) is 16.3 Å². The molecule has 1 heterocycles. The molecule has 1 aliphatic heterocycles. The molecule has 0 aromatic rings. The maximum absolute atomic E-state index is 11.8. The van der Waals surface area contributed by atoms with E-state index >= 15 is 0 Å². The Hall–Kier alpha value is -0.600. The van der Waals surface area contributed by atoms with Crippen molar-refractivity contribution in [2.24, 2.45) is 29.1 Å². The lowest BCUT2D eigenvalue weighted by Gasteiger charge is -2.56. The molecule has 136 valence electrons. The van der Waals surface area contributed by atoms with Crippen LogP contribution in [0.15, 0.2) is 22.8 Å². The van der Waals surface area contributed by atoms with Gasteiger partial charge in [0.1, 0.15) is 0 Å². The Morgan fingerprint density at radius 1 is 1.12 bits per heavy atom. The Morgan fingerprint density at radius 3 is 2.84 bits per heavy atom. The second kappa shape index (κ2) is 5.70. The largest absolute Gasteiger partial charge is 0.370 e. The number of rotatable bonds is 0. The van der Waals surface area contributed by atoms with Gasteiger partial charge in [-0.2, -0.15) is 0 Å². The molecule has 2 nitrogen and oxygen atoms in total. The van der Waals surface area contributed by atoms with Crippen LogP contribution in [0.5, 0.6) is 0 Å². The van der Waals surface area contributed by atoms with Crippen molar-refractivity contribution in [1.29, 1.82) is 0 Å². The van der Waals surface area contributed by atoms with E-state index in [1.54, 1.807) is 0 Å². The van der Waals surface area contributed by atoms with Gasteiger partial charge in [-0.25, -0.2) is 0 Å². The standard InChI is InChI=1S/C22H29ClO2/c1-21-9-6-18-17-5-3-16(24)12-14(17)2-4-19(18)20(21)7-10-22(21)15(13-23)8-11-25-22/h12-13,17-20H,2-11H2,1H3/b15-13+/t17-,18+,19+,20-,21-,22-/m0/s1. The molecule has 0 aromatic heterocycles. The first kappa shape index (κ1) is 16.6. The van der Waals surface area contributed by atoms with Crippen LogP contribution in [-0.2, 0) is 9.53 Å². The minimum Gasteiger partial charge on any atom is -0.370 e. The van der Waals surface area contributed by atoms with E-state index in [2.05, 4.69) is 6.92 Å². The molecule has 6 atom stereocenters. The van der Waals surface area contributed by atoms with Gasteiger partial charge < -0.3 is 4.74 Å². The molecule has 25 heavy (non-hydrogen) atoms. The summed E-state index contributed by atoms with van der Waals surface area (Å²) in [5, 5.41) is 0. The lowest BCUT2D eigenvalue weighted by Crippen LogP contribution is -2.53. The topological polar surface area (TPSA) is 26.3 Å². The van der Waals surface area contributed by atoms with E-state index in [1.807, 2.05) is 11.6 Å². The molecule has 1 spiro atoms. The number of hydrogen-bond acceptors (Lipinski definition) is 2. The van der Waals surface area contributed by atoms with Gasteiger partial charge in [-0.15, -0.1) is 0 Å². The van der Waals surface area contributed by atoms with Crippen molar-refractivity contribution in [3.63, 3.8) is 0 Å². The first-order valence-electron chi connectivity index (χ1n) is 10.3. The highest BCUT2D eigenvalue weighted by molar-refractivity contribution is 6.25. The van der Waals surface area contributed by atoms with E-state index in [0.717, 1.165) is 56.5 Å². The highest BCUT2D eigenvalue weighted by atomic mass is 35.5. The Kier molecular flexibility index (Phi) is 3.77. The molecule has 5 aliphatic rings. The highest BCUT2D eigenvalue weighted by Crippen LogP contribution is 2.68. The van der Waals surface area contributed by atoms with Gasteiger partial charge in [-0.3, -0.25) is 4.79 Å². The highest BCUT2D eigenvalue weighted by Gasteiger charge is 2.65. The molecule has 0 bridgehead atoms. The summed E-state index contributed by atoms with van der Waals surface area (Å²) in [6.07, 6.45) is 12.3. The SMILES string of the molecule is C[C@]12CC[C@H]3[C@@H](CCC4=CC(=O)CC[C@@H]43)[C@@H]1CC[C@@]21OCC/C1=C\Cl. The average Bonchev–Trinajstić information content (AvgIpc) is 3.17. The summed E-state index contributed by atoms with van der Waals surface area (Å²) in [5.41, 5.74) is 4.84. The van der Waals surface area contributed by atoms with Gasteiger partial charge in [-0.05, 0) is 86.7 Å². The lowest BCUT2D eigenvalue weighted by molar-refractivity contribution is -0.118. The molecule has 0 N–H and O–H groups in total. The van der Waals surface area contributed by atoms with E-state index < -0.39 is 0 Å². The van der Waals surface area contributed by atoms with Gasteiger partial charge in [0, 0.05) is 17.4 Å². The van der Waals surface area contributed by atoms with Crippen LogP contribution < -0.4 is 0 Å². The number of allylic oxidation sites excluding steroid dienone is 1. The first-order valence-corrected chi connectivity index (χ1v) is 10.7. The van der Waals surface area contributed by atoms with Crippen molar-refractivity contribution in [2.45, 2.75) is 70.3 Å². The fourth-order valence-corrected chi connectivity index (χ4v) is 8.00. The maximum atomic E-state index is 11.8. The minimum atomic E-state index is -0.0803. The monoisotopic (exact) mass is 360 g/mol. The Morgan fingerprint density at radius 2 is 2.00 bits per heavy atom. The lowest BCUT2D eigenvalue weighted by atomic mass is 9.50. The molecule has 0 unspecified atom stereocenters. The zero-order valence-electron chi connectivity index (χ0n) is 15.2. The molecule has 4 fully saturated rings. The van der Waals surface area contributed by atoms with Crippen molar-refractivity contribution in [3.8, 4) is 0 Å². The zero-order chi connectivity index (χ0) is 17.2. The van der Waals surface area contributed by atoms with E-state index in [9.17, 15) is 4.79 Å². The van der Waals surface area contributed by atoms with Gasteiger partial charge in [0.05, 0.1) is 12.2 Å². The number of ether oxygens (including phenoxy) is 1. The summed E-state index contributed by atoms with van der Waals surface area (Å²) < 4.78 is 6.47. The molecule has 0 amide bonds. The summed E-state index contributed by atoms with van der Waals surface area (Å²) in [5.74, 6) is 3.42. The molecule has 3 heteroatoms. The van der Waals surface area contributed by atoms with Crippen LogP contribution in [0, 0.1) is 29.1 Å². The van der Waals surface area contributed by atoms with Crippen molar-refractivity contribution in [3.05, 3.63) is 22.8 Å². The Balaban J connectivity index is 1.48. The van der Waals surface area contributed by atoms with Crippen LogP contribution >= 0.6 is 11.6 Å². The van der Waals surface area contributed by atoms with E-state index in [-0.39, 0.29) is 11.0 Å². The second-order valence-electron chi connectivity index (χ2n) is 9.36. The third-order valence-corrected chi connectivity index (χ3v) is 9.05. The summed E-state index contributed by atoms with van der Waals surface area (Å²) in [6, 6.07) is 0. The fraction of sp³-hybridized carbons (Fsp3) is 0.773. The summed E-state index contributed by atoms with van der Waals surface area (Å²) in [6.45, 7) is 3.34. The number of ketones is 1. The first-order chi connectivity index (χ1) is 12.1. The number of halogens is 1. The summed E-state index contributed by atoms with van der Waals surface area (Å²) >= 11 is 6.23. The molecule has 4 aliphatic carbocycles. The average molecular weight is 361 g/mol.